The lowest BCUT2D eigenvalue weighted by atomic mass is 9.92. The van der Waals surface area contributed by atoms with Crippen LogP contribution in [0.15, 0.2) is 24.3 Å². The summed E-state index contributed by atoms with van der Waals surface area (Å²) in [5.41, 5.74) is 3.86. The average molecular weight is 348 g/mol. The quantitative estimate of drug-likeness (QED) is 0.472. The number of halogens is 1. The molecular formula is C13H21IN2O. The van der Waals surface area contributed by atoms with Crippen LogP contribution >= 0.6 is 22.6 Å². The molecule has 1 aromatic carbocycles. The maximum absolute atomic E-state index is 5.73. The van der Waals surface area contributed by atoms with Gasteiger partial charge in [-0.3, -0.25) is 11.3 Å². The first-order valence-corrected chi connectivity index (χ1v) is 6.92. The summed E-state index contributed by atoms with van der Waals surface area (Å²) in [6.07, 6.45) is 0.862. The number of rotatable bonds is 6. The van der Waals surface area contributed by atoms with Gasteiger partial charge in [-0.15, -0.1) is 0 Å². The third-order valence-electron chi connectivity index (χ3n) is 2.91. The Kier molecular flexibility index (Phi) is 5.85. The van der Waals surface area contributed by atoms with E-state index >= 15 is 0 Å². The number of nitrogens with two attached hydrogens (primary N) is 1. The fourth-order valence-corrected chi connectivity index (χ4v) is 2.19. The van der Waals surface area contributed by atoms with E-state index in [1.54, 1.807) is 0 Å². The van der Waals surface area contributed by atoms with Crippen molar-refractivity contribution in [3.63, 3.8) is 0 Å². The van der Waals surface area contributed by atoms with Gasteiger partial charge in [-0.2, -0.15) is 0 Å². The van der Waals surface area contributed by atoms with Gasteiger partial charge in [0.1, 0.15) is 0 Å². The molecule has 0 fully saturated rings. The van der Waals surface area contributed by atoms with Crippen LogP contribution in [0.3, 0.4) is 0 Å². The first-order valence-electron chi connectivity index (χ1n) is 5.84. The van der Waals surface area contributed by atoms with Gasteiger partial charge in [0.05, 0.1) is 11.6 Å². The molecule has 0 radical (unpaired) electrons. The molecular weight excluding hydrogens is 327 g/mol. The number of hydrogen-bond acceptors (Lipinski definition) is 3. The molecule has 3 nitrogen and oxygen atoms in total. The number of ether oxygens (including phenoxy) is 1. The molecule has 0 aliphatic heterocycles. The van der Waals surface area contributed by atoms with E-state index in [4.69, 9.17) is 10.6 Å². The molecule has 3 N–H and O–H groups in total. The van der Waals surface area contributed by atoms with Gasteiger partial charge in [0.15, 0.2) is 0 Å². The Balaban J connectivity index is 2.72. The van der Waals surface area contributed by atoms with Crippen molar-refractivity contribution >= 4 is 22.6 Å². The molecule has 0 spiro atoms. The van der Waals surface area contributed by atoms with E-state index in [1.807, 2.05) is 6.92 Å². The molecule has 0 saturated carbocycles. The number of benzene rings is 1. The minimum absolute atomic E-state index is 0.0995. The molecule has 1 rings (SSSR count). The van der Waals surface area contributed by atoms with Gasteiger partial charge in [0.2, 0.25) is 0 Å². The number of hydrogen-bond donors (Lipinski definition) is 2. The fraction of sp³-hybridized carbons (Fsp3) is 0.538. The molecule has 0 amide bonds. The van der Waals surface area contributed by atoms with E-state index in [-0.39, 0.29) is 11.6 Å². The van der Waals surface area contributed by atoms with Crippen molar-refractivity contribution in [3.05, 3.63) is 33.4 Å². The van der Waals surface area contributed by atoms with Crippen molar-refractivity contribution in [2.24, 2.45) is 5.84 Å². The van der Waals surface area contributed by atoms with Crippen LogP contribution in [0, 0.1) is 3.57 Å². The maximum Gasteiger partial charge on any atom is 0.0795 e. The lowest BCUT2D eigenvalue weighted by Gasteiger charge is -2.33. The lowest BCUT2D eigenvalue weighted by molar-refractivity contribution is -0.0380. The van der Waals surface area contributed by atoms with Crippen molar-refractivity contribution in [3.8, 4) is 0 Å². The van der Waals surface area contributed by atoms with E-state index in [2.05, 4.69) is 66.1 Å². The van der Waals surface area contributed by atoms with Gasteiger partial charge in [-0.1, -0.05) is 12.1 Å². The second kappa shape index (κ2) is 6.68. The first-order chi connectivity index (χ1) is 7.99. The summed E-state index contributed by atoms with van der Waals surface area (Å²) in [7, 11) is 0. The van der Waals surface area contributed by atoms with Crippen LogP contribution in [0.5, 0.6) is 0 Å². The maximum atomic E-state index is 5.73. The van der Waals surface area contributed by atoms with Gasteiger partial charge in [-0.05, 0) is 67.5 Å². The molecule has 4 heteroatoms. The molecule has 0 aliphatic rings. The minimum Gasteiger partial charge on any atom is -0.374 e. The summed E-state index contributed by atoms with van der Waals surface area (Å²) in [6, 6.07) is 8.58. The monoisotopic (exact) mass is 348 g/mol. The Labute approximate surface area is 117 Å². The third kappa shape index (κ3) is 4.54. The molecule has 1 unspecified atom stereocenters. The highest BCUT2D eigenvalue weighted by Gasteiger charge is 2.29. The standard InChI is InChI=1S/C13H21IN2O/c1-4-17-13(2,3)12(16-15)9-10-5-7-11(14)8-6-10/h5-8,12,16H,4,9,15H2,1-3H3. The smallest absolute Gasteiger partial charge is 0.0795 e. The normalized spacial score (nSPS) is 13.7. The average Bonchev–Trinajstić information content (AvgIpc) is 2.28. The minimum atomic E-state index is -0.271. The Hall–Kier alpha value is -0.170. The van der Waals surface area contributed by atoms with Gasteiger partial charge in [0, 0.05) is 10.2 Å². The molecule has 0 aliphatic carbocycles. The molecule has 0 aromatic heterocycles. The fourth-order valence-electron chi connectivity index (χ4n) is 1.83. The van der Waals surface area contributed by atoms with Crippen LogP contribution < -0.4 is 11.3 Å². The highest BCUT2D eigenvalue weighted by atomic mass is 127. The summed E-state index contributed by atoms with van der Waals surface area (Å²) < 4.78 is 6.98. The molecule has 96 valence electrons. The SMILES string of the molecule is CCOC(C)(C)C(Cc1ccc(I)cc1)NN. The summed E-state index contributed by atoms with van der Waals surface area (Å²) in [5, 5.41) is 0. The van der Waals surface area contributed by atoms with E-state index in [9.17, 15) is 0 Å². The van der Waals surface area contributed by atoms with Crippen LogP contribution in [0.1, 0.15) is 26.3 Å². The van der Waals surface area contributed by atoms with Gasteiger partial charge in [0.25, 0.3) is 0 Å². The Morgan fingerprint density at radius 2 is 1.94 bits per heavy atom. The first kappa shape index (κ1) is 14.9. The van der Waals surface area contributed by atoms with Crippen LogP contribution in [-0.4, -0.2) is 18.2 Å². The summed E-state index contributed by atoms with van der Waals surface area (Å²) in [6.45, 7) is 6.82. The number of nitrogens with one attached hydrogen (secondary N) is 1. The Bertz CT molecular complexity index is 338. The van der Waals surface area contributed by atoms with Crippen molar-refractivity contribution in [1.82, 2.24) is 5.43 Å². The summed E-state index contributed by atoms with van der Waals surface area (Å²) in [5.74, 6) is 5.64. The van der Waals surface area contributed by atoms with Crippen molar-refractivity contribution in [1.29, 1.82) is 0 Å². The highest BCUT2D eigenvalue weighted by molar-refractivity contribution is 14.1. The second-order valence-electron chi connectivity index (χ2n) is 4.59. The summed E-state index contributed by atoms with van der Waals surface area (Å²) in [4.78, 5) is 0. The zero-order valence-electron chi connectivity index (χ0n) is 10.7. The van der Waals surface area contributed by atoms with Crippen molar-refractivity contribution < 1.29 is 4.74 Å². The van der Waals surface area contributed by atoms with Crippen LogP contribution in [0.25, 0.3) is 0 Å². The van der Waals surface area contributed by atoms with E-state index in [0.29, 0.717) is 6.61 Å². The zero-order chi connectivity index (χ0) is 12.9. The van der Waals surface area contributed by atoms with Crippen molar-refractivity contribution in [2.75, 3.05) is 6.61 Å². The summed E-state index contributed by atoms with van der Waals surface area (Å²) >= 11 is 2.30. The molecule has 0 saturated heterocycles. The van der Waals surface area contributed by atoms with Gasteiger partial charge in [-0.25, -0.2) is 0 Å². The second-order valence-corrected chi connectivity index (χ2v) is 5.83. The third-order valence-corrected chi connectivity index (χ3v) is 3.63. The molecule has 1 atom stereocenters. The van der Waals surface area contributed by atoms with Crippen LogP contribution in [-0.2, 0) is 11.2 Å². The van der Waals surface area contributed by atoms with E-state index in [0.717, 1.165) is 6.42 Å². The van der Waals surface area contributed by atoms with E-state index in [1.165, 1.54) is 9.13 Å². The largest absolute Gasteiger partial charge is 0.374 e. The van der Waals surface area contributed by atoms with Crippen LogP contribution in [0.2, 0.25) is 0 Å². The lowest BCUT2D eigenvalue weighted by Crippen LogP contribution is -2.52. The predicted molar refractivity (Wildman–Crippen MR) is 79.7 cm³/mol. The Morgan fingerprint density at radius 1 is 1.35 bits per heavy atom. The highest BCUT2D eigenvalue weighted by Crippen LogP contribution is 2.19. The molecule has 1 aromatic rings. The molecule has 0 bridgehead atoms. The topological polar surface area (TPSA) is 47.3 Å². The van der Waals surface area contributed by atoms with Gasteiger partial charge < -0.3 is 4.74 Å². The van der Waals surface area contributed by atoms with Crippen LogP contribution in [0.4, 0.5) is 0 Å². The zero-order valence-corrected chi connectivity index (χ0v) is 12.8. The van der Waals surface area contributed by atoms with E-state index < -0.39 is 0 Å². The Morgan fingerprint density at radius 3 is 2.41 bits per heavy atom. The van der Waals surface area contributed by atoms with Crippen molar-refractivity contribution in [2.45, 2.75) is 38.8 Å². The number of hydrazine groups is 1. The predicted octanol–water partition coefficient (Wildman–Crippen LogP) is 2.48. The molecule has 17 heavy (non-hydrogen) atoms. The van der Waals surface area contributed by atoms with Gasteiger partial charge >= 0.3 is 0 Å². The molecule has 0 heterocycles.